The van der Waals surface area contributed by atoms with Crippen LogP contribution >= 0.6 is 11.6 Å². The monoisotopic (exact) mass is 836 g/mol. The molecular formula is C48H42ClFN6O5. The van der Waals surface area contributed by atoms with Crippen LogP contribution < -0.4 is 15.2 Å². The Kier molecular flexibility index (Phi) is 9.85. The molecule has 5 aromatic rings. The van der Waals surface area contributed by atoms with Crippen LogP contribution in [0, 0.1) is 43.3 Å². The maximum absolute atomic E-state index is 15.4. The highest BCUT2D eigenvalue weighted by Gasteiger charge is 2.70. The van der Waals surface area contributed by atoms with Gasteiger partial charge in [0, 0.05) is 30.7 Å². The summed E-state index contributed by atoms with van der Waals surface area (Å²) < 4.78 is 14.0. The normalized spacial score (nSPS) is 24.5. The molecule has 2 heterocycles. The molecule has 3 fully saturated rings. The molecule has 0 bridgehead atoms. The third-order valence-corrected chi connectivity index (χ3v) is 13.1. The fraction of sp³-hybridized carbons (Fsp3) is 0.250. The van der Waals surface area contributed by atoms with Gasteiger partial charge < -0.3 is 10.0 Å². The first-order valence-electron chi connectivity index (χ1n) is 20.1. The van der Waals surface area contributed by atoms with Crippen molar-refractivity contribution < 1.29 is 28.7 Å². The van der Waals surface area contributed by atoms with Gasteiger partial charge in [0.05, 0.1) is 45.9 Å². The van der Waals surface area contributed by atoms with E-state index < -0.39 is 52.6 Å². The molecule has 2 aliphatic heterocycles. The van der Waals surface area contributed by atoms with Gasteiger partial charge in [-0.25, -0.2) is 4.39 Å². The number of hydrazine groups is 1. The molecule has 6 atom stereocenters. The highest BCUT2D eigenvalue weighted by Crippen LogP contribution is 2.64. The fourth-order valence-corrected chi connectivity index (χ4v) is 10.2. The average molecular weight is 837 g/mol. The molecule has 2 saturated heterocycles. The molecule has 0 aromatic heterocycles. The molecule has 2 aliphatic carbocycles. The number of amides is 4. The molecular weight excluding hydrogens is 795 g/mol. The topological polar surface area (TPSA) is 135 Å². The van der Waals surface area contributed by atoms with Crippen LogP contribution in [0.5, 0.6) is 5.75 Å². The lowest BCUT2D eigenvalue weighted by Gasteiger charge is -2.50. The van der Waals surface area contributed by atoms with E-state index in [1.54, 1.807) is 62.4 Å². The van der Waals surface area contributed by atoms with Gasteiger partial charge in [0.1, 0.15) is 11.6 Å². The highest BCUT2D eigenvalue weighted by molar-refractivity contribution is 6.30. The van der Waals surface area contributed by atoms with Crippen LogP contribution in [0.1, 0.15) is 41.0 Å². The zero-order valence-electron chi connectivity index (χ0n) is 33.8. The zero-order chi connectivity index (χ0) is 42.9. The van der Waals surface area contributed by atoms with Crippen molar-refractivity contribution in [1.29, 1.82) is 0 Å². The second kappa shape index (κ2) is 15.1. The number of imide groups is 2. The lowest BCUT2D eigenvalue weighted by molar-refractivity contribution is -0.138. The Morgan fingerprint density at radius 1 is 0.787 bits per heavy atom. The van der Waals surface area contributed by atoms with Gasteiger partial charge in [0.15, 0.2) is 0 Å². The Labute approximate surface area is 357 Å². The van der Waals surface area contributed by atoms with Crippen molar-refractivity contribution in [3.63, 3.8) is 0 Å². The number of benzene rings is 5. The van der Waals surface area contributed by atoms with E-state index >= 15 is 4.79 Å². The number of hydrogen-bond acceptors (Lipinski definition) is 9. The van der Waals surface area contributed by atoms with Crippen LogP contribution in [0.15, 0.2) is 131 Å². The number of phenolic OH excluding ortho intramolecular Hbond substituents is 1. The van der Waals surface area contributed by atoms with Gasteiger partial charge >= 0.3 is 0 Å². The SMILES string of the molecule is Cc1cc(C2C3=CCC4C(=O)N(c5ccc(N=Nc6ccc(N(C)C)cc6)cc5)C(=O)C4C3CC3C(=O)N(Nc4ccc(F)cc4)C(=O)C32c2ccc(Cl)cc2)cc(C)c1O. The number of anilines is 3. The number of carbonyl (C=O) groups is 4. The molecule has 13 heteroatoms. The van der Waals surface area contributed by atoms with Crippen LogP contribution in [0.3, 0.4) is 0 Å². The molecule has 2 N–H and O–H groups in total. The van der Waals surface area contributed by atoms with E-state index in [0.29, 0.717) is 50.0 Å². The van der Waals surface area contributed by atoms with Gasteiger partial charge in [-0.2, -0.15) is 15.2 Å². The second-order valence-corrected chi connectivity index (χ2v) is 17.0. The number of phenols is 1. The summed E-state index contributed by atoms with van der Waals surface area (Å²) in [6.45, 7) is 3.56. The number of halogens is 2. The summed E-state index contributed by atoms with van der Waals surface area (Å²) in [5, 5.41) is 21.1. The number of nitrogens with one attached hydrogen (secondary N) is 1. The van der Waals surface area contributed by atoms with Gasteiger partial charge in [-0.05, 0) is 140 Å². The number of carbonyl (C=O) groups excluding carboxylic acids is 4. The van der Waals surface area contributed by atoms with Crippen molar-refractivity contribution in [2.75, 3.05) is 29.3 Å². The minimum Gasteiger partial charge on any atom is -0.507 e. The van der Waals surface area contributed by atoms with E-state index in [-0.39, 0.29) is 30.4 Å². The lowest BCUT2D eigenvalue weighted by atomic mass is 9.49. The minimum absolute atomic E-state index is 0.0933. The van der Waals surface area contributed by atoms with E-state index in [0.717, 1.165) is 16.3 Å². The van der Waals surface area contributed by atoms with Crippen molar-refractivity contribution in [2.45, 2.75) is 38.0 Å². The number of hydrogen-bond donors (Lipinski definition) is 2. The van der Waals surface area contributed by atoms with E-state index in [1.807, 2.05) is 61.5 Å². The van der Waals surface area contributed by atoms with Crippen LogP contribution in [-0.2, 0) is 24.6 Å². The quantitative estimate of drug-likeness (QED) is 0.0904. The first kappa shape index (κ1) is 39.8. The predicted molar refractivity (Wildman–Crippen MR) is 230 cm³/mol. The summed E-state index contributed by atoms with van der Waals surface area (Å²) in [7, 11) is 3.92. The molecule has 0 spiro atoms. The molecule has 6 unspecified atom stereocenters. The Bertz CT molecular complexity index is 2640. The van der Waals surface area contributed by atoms with Gasteiger partial charge in [0.25, 0.3) is 11.8 Å². The maximum Gasteiger partial charge on any atom is 0.260 e. The third kappa shape index (κ3) is 6.48. The van der Waals surface area contributed by atoms with Crippen molar-refractivity contribution in [3.05, 3.63) is 154 Å². The number of aromatic hydroxyl groups is 1. The van der Waals surface area contributed by atoms with Gasteiger partial charge in [-0.1, -0.05) is 47.5 Å². The summed E-state index contributed by atoms with van der Waals surface area (Å²) >= 11 is 6.42. The lowest BCUT2D eigenvalue weighted by Crippen LogP contribution is -2.53. The summed E-state index contributed by atoms with van der Waals surface area (Å²) in [4.78, 5) is 62.7. The van der Waals surface area contributed by atoms with Crippen LogP contribution in [0.25, 0.3) is 0 Å². The molecule has 11 nitrogen and oxygen atoms in total. The van der Waals surface area contributed by atoms with Gasteiger partial charge in [-0.15, -0.1) is 0 Å². The summed E-state index contributed by atoms with van der Waals surface area (Å²) in [5.74, 6) is -6.04. The smallest absolute Gasteiger partial charge is 0.260 e. The standard InChI is InChI=1S/C48H42ClFN6O5/c1-26-23-28(24-27(2)43(26)57)42-37-21-22-38-41(46(60)55(44(38)58)36-19-15-33(16-20-36)52-51-32-13-17-35(18-14-32)54(3)4)39(37)25-40-45(59)56(53-34-11-9-31(50)10-12-34)47(61)48(40,42)29-5-7-30(49)8-6-29/h5-21,23-24,38-42,53,57H,22,25H2,1-4H3. The highest BCUT2D eigenvalue weighted by atomic mass is 35.5. The van der Waals surface area contributed by atoms with Crippen molar-refractivity contribution >= 4 is 63.7 Å². The largest absolute Gasteiger partial charge is 0.507 e. The number of rotatable bonds is 8. The molecule has 308 valence electrons. The van der Waals surface area contributed by atoms with E-state index in [9.17, 15) is 23.9 Å². The molecule has 61 heavy (non-hydrogen) atoms. The Morgan fingerprint density at radius 3 is 2.00 bits per heavy atom. The van der Waals surface area contributed by atoms with E-state index in [2.05, 4.69) is 15.7 Å². The van der Waals surface area contributed by atoms with Crippen molar-refractivity contribution in [1.82, 2.24) is 5.01 Å². The van der Waals surface area contributed by atoms with Gasteiger partial charge in [-0.3, -0.25) is 29.5 Å². The van der Waals surface area contributed by atoms with Crippen molar-refractivity contribution in [3.8, 4) is 5.75 Å². The maximum atomic E-state index is 15.4. The average Bonchev–Trinajstić information content (AvgIpc) is 3.63. The summed E-state index contributed by atoms with van der Waals surface area (Å²) in [6.07, 6.45) is 2.32. The fourth-order valence-electron chi connectivity index (χ4n) is 10.0. The Balaban J connectivity index is 1.12. The summed E-state index contributed by atoms with van der Waals surface area (Å²) in [5.41, 5.74) is 7.57. The molecule has 4 aliphatic rings. The molecule has 1 saturated carbocycles. The summed E-state index contributed by atoms with van der Waals surface area (Å²) in [6, 6.07) is 30.3. The molecule has 5 aromatic carbocycles. The third-order valence-electron chi connectivity index (χ3n) is 12.9. The number of fused-ring (bicyclic) bond motifs is 4. The second-order valence-electron chi connectivity index (χ2n) is 16.5. The van der Waals surface area contributed by atoms with Gasteiger partial charge in [0.2, 0.25) is 11.8 Å². The number of azo groups is 1. The zero-order valence-corrected chi connectivity index (χ0v) is 34.6. The van der Waals surface area contributed by atoms with E-state index in [4.69, 9.17) is 11.6 Å². The Hall–Kier alpha value is -6.66. The Morgan fingerprint density at radius 2 is 1.39 bits per heavy atom. The predicted octanol–water partition coefficient (Wildman–Crippen LogP) is 9.47. The number of nitrogens with zero attached hydrogens (tertiary/aromatic N) is 5. The molecule has 0 radical (unpaired) electrons. The minimum atomic E-state index is -1.54. The molecule has 9 rings (SSSR count). The van der Waals surface area contributed by atoms with Crippen molar-refractivity contribution in [2.24, 2.45) is 33.9 Å². The van der Waals surface area contributed by atoms with Crippen LogP contribution in [0.2, 0.25) is 5.02 Å². The van der Waals surface area contributed by atoms with Crippen LogP contribution in [-0.4, -0.2) is 47.8 Å². The first-order valence-corrected chi connectivity index (χ1v) is 20.5. The van der Waals surface area contributed by atoms with E-state index in [1.165, 1.54) is 29.2 Å². The number of aryl methyl sites for hydroxylation is 2. The first-order chi connectivity index (χ1) is 29.3. The number of allylic oxidation sites excluding steroid dienone is 2. The van der Waals surface area contributed by atoms with Crippen LogP contribution in [0.4, 0.5) is 32.8 Å². The molecule has 4 amide bonds.